The summed E-state index contributed by atoms with van der Waals surface area (Å²) >= 11 is 3.40. The third-order valence-electron chi connectivity index (χ3n) is 4.33. The van der Waals surface area contributed by atoms with Crippen LogP contribution in [0.4, 0.5) is 11.4 Å². The Morgan fingerprint density at radius 3 is 1.84 bits per heavy atom. The van der Waals surface area contributed by atoms with Gasteiger partial charge >= 0.3 is 0 Å². The number of nitrogens with one attached hydrogen (secondary N) is 2. The Bertz CT molecular complexity index is 1070. The second kappa shape index (κ2) is 10.6. The molecule has 3 aromatic rings. The van der Waals surface area contributed by atoms with Gasteiger partial charge in [-0.3, -0.25) is 9.59 Å². The highest BCUT2D eigenvalue weighted by molar-refractivity contribution is 9.10. The maximum atomic E-state index is 12.8. The van der Waals surface area contributed by atoms with Gasteiger partial charge in [-0.05, 0) is 54.0 Å². The third kappa shape index (κ3) is 5.64. The van der Waals surface area contributed by atoms with Crippen LogP contribution in [0.25, 0.3) is 0 Å². The molecule has 0 saturated heterocycles. The molecule has 0 aromatic heterocycles. The minimum atomic E-state index is -0.294. The highest BCUT2D eigenvalue weighted by Crippen LogP contribution is 2.37. The molecule has 2 N–H and O–H groups in total. The number of halogens is 1. The lowest BCUT2D eigenvalue weighted by Gasteiger charge is -2.18. The molecule has 3 aromatic carbocycles. The maximum Gasteiger partial charge on any atom is 0.256 e. The van der Waals surface area contributed by atoms with Crippen LogP contribution in [0.2, 0.25) is 0 Å². The van der Waals surface area contributed by atoms with Crippen molar-refractivity contribution in [1.82, 2.24) is 0 Å². The average Bonchev–Trinajstić information content (AvgIpc) is 2.77. The quantitative estimate of drug-likeness (QED) is 0.428. The van der Waals surface area contributed by atoms with Gasteiger partial charge in [0.2, 0.25) is 0 Å². The summed E-state index contributed by atoms with van der Waals surface area (Å²) < 4.78 is 12.1. The Balaban J connectivity index is 1.94. The zero-order valence-corrected chi connectivity index (χ0v) is 18.9. The van der Waals surface area contributed by atoms with Crippen LogP contribution in [0.3, 0.4) is 0 Å². The molecule has 0 aliphatic carbocycles. The normalized spacial score (nSPS) is 10.3. The van der Waals surface area contributed by atoms with Gasteiger partial charge in [-0.15, -0.1) is 0 Å². The molecule has 6 nitrogen and oxygen atoms in total. The molecule has 0 bridgehead atoms. The van der Waals surface area contributed by atoms with Crippen molar-refractivity contribution >= 4 is 39.1 Å². The van der Waals surface area contributed by atoms with Crippen molar-refractivity contribution in [3.8, 4) is 11.5 Å². The van der Waals surface area contributed by atoms with Crippen LogP contribution in [0.5, 0.6) is 11.5 Å². The Morgan fingerprint density at radius 2 is 1.29 bits per heavy atom. The van der Waals surface area contributed by atoms with E-state index in [4.69, 9.17) is 9.47 Å². The van der Waals surface area contributed by atoms with E-state index in [2.05, 4.69) is 26.6 Å². The van der Waals surface area contributed by atoms with E-state index in [0.717, 1.165) is 0 Å². The first-order valence-electron chi connectivity index (χ1n) is 9.89. The molecule has 0 aliphatic heterocycles. The lowest BCUT2D eigenvalue weighted by atomic mass is 10.1. The largest absolute Gasteiger partial charge is 0.492 e. The summed E-state index contributed by atoms with van der Waals surface area (Å²) in [6.45, 7) is 4.47. The van der Waals surface area contributed by atoms with E-state index in [1.807, 2.05) is 26.0 Å². The minimum Gasteiger partial charge on any atom is -0.492 e. The second-order valence-electron chi connectivity index (χ2n) is 6.46. The monoisotopic (exact) mass is 482 g/mol. The Morgan fingerprint density at radius 1 is 0.774 bits per heavy atom. The average molecular weight is 483 g/mol. The molecule has 31 heavy (non-hydrogen) atoms. The highest BCUT2D eigenvalue weighted by Gasteiger charge is 2.18. The standard InChI is InChI=1S/C24H23BrN2O4/c1-3-30-21-15-20(27-24(29)17-12-8-9-13-18(17)25)22(31-4-2)14-19(21)26-23(28)16-10-6-5-7-11-16/h5-15H,3-4H2,1-2H3,(H,26,28)(H,27,29). The lowest BCUT2D eigenvalue weighted by molar-refractivity contribution is 0.101. The maximum absolute atomic E-state index is 12.8. The Labute approximate surface area is 189 Å². The lowest BCUT2D eigenvalue weighted by Crippen LogP contribution is -2.16. The molecular weight excluding hydrogens is 460 g/mol. The number of hydrogen-bond donors (Lipinski definition) is 2. The van der Waals surface area contributed by atoms with Crippen molar-refractivity contribution in [1.29, 1.82) is 0 Å². The fourth-order valence-corrected chi connectivity index (χ4v) is 3.39. The number of rotatable bonds is 8. The molecule has 0 unspecified atom stereocenters. The zero-order chi connectivity index (χ0) is 22.2. The van der Waals surface area contributed by atoms with Gasteiger partial charge in [0.25, 0.3) is 11.8 Å². The van der Waals surface area contributed by atoms with Gasteiger partial charge in [-0.1, -0.05) is 30.3 Å². The van der Waals surface area contributed by atoms with Crippen molar-refractivity contribution in [3.63, 3.8) is 0 Å². The molecule has 160 valence electrons. The molecule has 0 atom stereocenters. The van der Waals surface area contributed by atoms with E-state index in [9.17, 15) is 9.59 Å². The first kappa shape index (κ1) is 22.4. The van der Waals surface area contributed by atoms with Gasteiger partial charge < -0.3 is 20.1 Å². The number of hydrogen-bond acceptors (Lipinski definition) is 4. The smallest absolute Gasteiger partial charge is 0.256 e. The van der Waals surface area contributed by atoms with Crippen LogP contribution in [-0.2, 0) is 0 Å². The molecule has 0 spiro atoms. The van der Waals surface area contributed by atoms with Gasteiger partial charge in [0.05, 0.1) is 30.2 Å². The van der Waals surface area contributed by atoms with Gasteiger partial charge in [0.15, 0.2) is 0 Å². The van der Waals surface area contributed by atoms with E-state index in [-0.39, 0.29) is 11.8 Å². The van der Waals surface area contributed by atoms with Crippen molar-refractivity contribution < 1.29 is 19.1 Å². The van der Waals surface area contributed by atoms with Gasteiger partial charge in [-0.2, -0.15) is 0 Å². The number of carbonyl (C=O) groups is 2. The van der Waals surface area contributed by atoms with Gasteiger partial charge in [0.1, 0.15) is 11.5 Å². The molecule has 7 heteroatoms. The first-order valence-corrected chi connectivity index (χ1v) is 10.7. The third-order valence-corrected chi connectivity index (χ3v) is 5.02. The molecule has 0 aliphatic rings. The molecular formula is C24H23BrN2O4. The number of amides is 2. The number of carbonyl (C=O) groups excluding carboxylic acids is 2. The van der Waals surface area contributed by atoms with Gasteiger partial charge in [-0.25, -0.2) is 0 Å². The fraction of sp³-hybridized carbons (Fsp3) is 0.167. The summed E-state index contributed by atoms with van der Waals surface area (Å²) in [5.74, 6) is 0.290. The number of benzene rings is 3. The van der Waals surface area contributed by atoms with E-state index in [1.165, 1.54) is 0 Å². The van der Waals surface area contributed by atoms with E-state index < -0.39 is 0 Å². The predicted octanol–water partition coefficient (Wildman–Crippen LogP) is 5.75. The summed E-state index contributed by atoms with van der Waals surface area (Å²) in [4.78, 5) is 25.4. The molecule has 0 heterocycles. The second-order valence-corrected chi connectivity index (χ2v) is 7.32. The van der Waals surface area contributed by atoms with Crippen LogP contribution in [0.15, 0.2) is 71.2 Å². The minimum absolute atomic E-state index is 0.269. The van der Waals surface area contributed by atoms with Crippen LogP contribution in [-0.4, -0.2) is 25.0 Å². The predicted molar refractivity (Wildman–Crippen MR) is 125 cm³/mol. The van der Waals surface area contributed by atoms with E-state index in [0.29, 0.717) is 51.7 Å². The summed E-state index contributed by atoms with van der Waals surface area (Å²) in [6, 6.07) is 19.4. The van der Waals surface area contributed by atoms with E-state index in [1.54, 1.807) is 54.6 Å². The van der Waals surface area contributed by atoms with Crippen LogP contribution >= 0.6 is 15.9 Å². The Hall–Kier alpha value is -3.32. The molecule has 0 saturated carbocycles. The highest BCUT2D eigenvalue weighted by atomic mass is 79.9. The summed E-state index contributed by atoms with van der Waals surface area (Å²) in [6.07, 6.45) is 0. The fourth-order valence-electron chi connectivity index (χ4n) is 2.92. The first-order chi connectivity index (χ1) is 15.0. The Kier molecular flexibility index (Phi) is 7.67. The van der Waals surface area contributed by atoms with Crippen molar-refractivity contribution in [2.45, 2.75) is 13.8 Å². The SMILES string of the molecule is CCOc1cc(NC(=O)c2ccccc2Br)c(OCC)cc1NC(=O)c1ccccc1. The van der Waals surface area contributed by atoms with E-state index >= 15 is 0 Å². The summed E-state index contributed by atoms with van der Waals surface area (Å²) in [5.41, 5.74) is 1.92. The summed E-state index contributed by atoms with van der Waals surface area (Å²) in [5, 5.41) is 5.74. The summed E-state index contributed by atoms with van der Waals surface area (Å²) in [7, 11) is 0. The van der Waals surface area contributed by atoms with Crippen LogP contribution in [0.1, 0.15) is 34.6 Å². The van der Waals surface area contributed by atoms with Crippen LogP contribution < -0.4 is 20.1 Å². The molecule has 0 radical (unpaired) electrons. The zero-order valence-electron chi connectivity index (χ0n) is 17.3. The molecule has 2 amide bonds. The van der Waals surface area contributed by atoms with Crippen LogP contribution in [0, 0.1) is 0 Å². The topological polar surface area (TPSA) is 76.7 Å². The number of ether oxygens (including phenoxy) is 2. The van der Waals surface area contributed by atoms with Gasteiger partial charge in [0, 0.05) is 22.2 Å². The van der Waals surface area contributed by atoms with Crippen molar-refractivity contribution in [2.75, 3.05) is 23.8 Å². The molecule has 3 rings (SSSR count). The van der Waals surface area contributed by atoms with Crippen molar-refractivity contribution in [3.05, 3.63) is 82.3 Å². The van der Waals surface area contributed by atoms with Crippen molar-refractivity contribution in [2.24, 2.45) is 0 Å². The molecule has 0 fully saturated rings. The number of anilines is 2.